The zero-order valence-electron chi connectivity index (χ0n) is 26.8. The van der Waals surface area contributed by atoms with Gasteiger partial charge in [0.15, 0.2) is 17.6 Å². The van der Waals surface area contributed by atoms with Gasteiger partial charge in [0.25, 0.3) is 5.91 Å². The van der Waals surface area contributed by atoms with Gasteiger partial charge in [0.2, 0.25) is 0 Å². The molecule has 0 radical (unpaired) electrons. The first-order valence-electron chi connectivity index (χ1n) is 15.6. The van der Waals surface area contributed by atoms with Gasteiger partial charge >= 0.3 is 0 Å². The molecule has 0 fully saturated rings. The van der Waals surface area contributed by atoms with E-state index in [0.29, 0.717) is 48.2 Å². The molecule has 1 amide bonds. The number of aromatic nitrogens is 4. The highest BCUT2D eigenvalue weighted by Gasteiger charge is 2.23. The molecule has 2 N–H and O–H groups in total. The fraction of sp³-hybridized carbons (Fsp3) is 0.500. The number of unbranched alkanes of at least 4 members (excludes halogenated alkanes) is 3. The van der Waals surface area contributed by atoms with E-state index in [1.165, 1.54) is 0 Å². The third-order valence-corrected chi connectivity index (χ3v) is 8.16. The van der Waals surface area contributed by atoms with E-state index in [0.717, 1.165) is 59.4 Å². The van der Waals surface area contributed by atoms with Crippen LogP contribution in [0.25, 0.3) is 5.65 Å². The highest BCUT2D eigenvalue weighted by Crippen LogP contribution is 2.27. The standard InChI is InChI=1S/C34H46ClN5O4/c1-7-9-10-11-12-30(44-29-16-13-22(3)17-23(29)4)34(41)36-28-15-14-26(20-43-21-42-8-2)27(19-28)18-24(5)32-37-33-31(35)25(6)38-40(33)39-32/h13-17,19,24,30,38H,7-12,18,20-21H2,1-6H3,(H,36,41). The monoisotopic (exact) mass is 623 g/mol. The molecule has 10 heteroatoms. The summed E-state index contributed by atoms with van der Waals surface area (Å²) >= 11 is 6.40. The van der Waals surface area contributed by atoms with Crippen LogP contribution in [0.2, 0.25) is 5.02 Å². The van der Waals surface area contributed by atoms with Gasteiger partial charge in [-0.1, -0.05) is 68.5 Å². The second kappa shape index (κ2) is 16.1. The average molecular weight is 624 g/mol. The van der Waals surface area contributed by atoms with Gasteiger partial charge in [-0.3, -0.25) is 9.89 Å². The van der Waals surface area contributed by atoms with E-state index in [1.54, 1.807) is 4.63 Å². The Hall–Kier alpha value is -3.40. The van der Waals surface area contributed by atoms with E-state index in [-0.39, 0.29) is 18.6 Å². The molecule has 44 heavy (non-hydrogen) atoms. The van der Waals surface area contributed by atoms with Crippen LogP contribution in [0.15, 0.2) is 36.4 Å². The summed E-state index contributed by atoms with van der Waals surface area (Å²) in [5.74, 6) is 1.25. The topological polar surface area (TPSA) is 103 Å². The van der Waals surface area contributed by atoms with Gasteiger partial charge < -0.3 is 19.5 Å². The Bertz CT molecular complexity index is 1530. The number of ether oxygens (including phenoxy) is 3. The molecule has 4 rings (SSSR count). The van der Waals surface area contributed by atoms with E-state index in [4.69, 9.17) is 25.8 Å². The molecular formula is C34H46ClN5O4. The third-order valence-electron chi connectivity index (χ3n) is 7.70. The van der Waals surface area contributed by atoms with Crippen molar-refractivity contribution in [3.63, 3.8) is 0 Å². The summed E-state index contributed by atoms with van der Waals surface area (Å²) in [5, 5.41) is 11.4. The number of carbonyl (C=O) groups is 1. The van der Waals surface area contributed by atoms with Crippen molar-refractivity contribution in [1.82, 2.24) is 19.8 Å². The van der Waals surface area contributed by atoms with E-state index in [2.05, 4.69) is 47.3 Å². The second-order valence-electron chi connectivity index (χ2n) is 11.5. The minimum atomic E-state index is -0.601. The quantitative estimate of drug-likeness (QED) is 0.0917. The summed E-state index contributed by atoms with van der Waals surface area (Å²) in [4.78, 5) is 18.3. The minimum Gasteiger partial charge on any atom is -0.480 e. The predicted octanol–water partition coefficient (Wildman–Crippen LogP) is 7.85. The van der Waals surface area contributed by atoms with E-state index in [1.807, 2.05) is 51.1 Å². The summed E-state index contributed by atoms with van der Waals surface area (Å²) in [6.45, 7) is 13.3. The summed E-state index contributed by atoms with van der Waals surface area (Å²) in [7, 11) is 0. The number of anilines is 1. The molecule has 9 nitrogen and oxygen atoms in total. The maximum atomic E-state index is 13.7. The first-order valence-corrected chi connectivity index (χ1v) is 16.0. The van der Waals surface area contributed by atoms with Crippen molar-refractivity contribution in [3.05, 3.63) is 75.2 Å². The fourth-order valence-electron chi connectivity index (χ4n) is 5.19. The Morgan fingerprint density at radius 3 is 2.59 bits per heavy atom. The smallest absolute Gasteiger partial charge is 0.265 e. The average Bonchev–Trinajstić information content (AvgIpc) is 3.53. The molecule has 0 spiro atoms. The molecule has 0 aliphatic carbocycles. The number of nitrogens with zero attached hydrogens (tertiary/aromatic N) is 3. The van der Waals surface area contributed by atoms with Crippen molar-refractivity contribution in [1.29, 1.82) is 0 Å². The molecule has 2 heterocycles. The van der Waals surface area contributed by atoms with Crippen molar-refractivity contribution in [3.8, 4) is 5.75 Å². The number of hydrogen-bond acceptors (Lipinski definition) is 6. The molecule has 2 atom stereocenters. The molecule has 0 saturated carbocycles. The van der Waals surface area contributed by atoms with Crippen LogP contribution in [0.5, 0.6) is 5.75 Å². The molecule has 2 aromatic carbocycles. The van der Waals surface area contributed by atoms with Crippen LogP contribution >= 0.6 is 11.6 Å². The molecule has 4 aromatic rings. The van der Waals surface area contributed by atoms with E-state index in [9.17, 15) is 4.79 Å². The first-order chi connectivity index (χ1) is 21.2. The van der Waals surface area contributed by atoms with Crippen LogP contribution in [0.1, 0.15) is 92.6 Å². The lowest BCUT2D eigenvalue weighted by Gasteiger charge is -2.21. The molecule has 0 aliphatic rings. The van der Waals surface area contributed by atoms with Crippen LogP contribution in [0, 0.1) is 20.8 Å². The Morgan fingerprint density at radius 1 is 1.05 bits per heavy atom. The van der Waals surface area contributed by atoms with E-state index < -0.39 is 6.10 Å². The van der Waals surface area contributed by atoms with Crippen LogP contribution < -0.4 is 10.1 Å². The lowest BCUT2D eigenvalue weighted by atomic mass is 9.96. The van der Waals surface area contributed by atoms with Crippen molar-refractivity contribution < 1.29 is 19.0 Å². The molecule has 238 valence electrons. The number of benzene rings is 2. The largest absolute Gasteiger partial charge is 0.480 e. The van der Waals surface area contributed by atoms with Crippen molar-refractivity contribution in [2.75, 3.05) is 18.7 Å². The lowest BCUT2D eigenvalue weighted by molar-refractivity contribution is -0.123. The molecule has 0 bridgehead atoms. The van der Waals surface area contributed by atoms with Gasteiger partial charge in [-0.25, -0.2) is 4.98 Å². The maximum absolute atomic E-state index is 13.7. The first kappa shape index (κ1) is 33.5. The normalized spacial score (nSPS) is 12.9. The molecule has 0 aliphatic heterocycles. The lowest BCUT2D eigenvalue weighted by Crippen LogP contribution is -2.33. The highest BCUT2D eigenvalue weighted by atomic mass is 35.5. The van der Waals surface area contributed by atoms with Gasteiger partial charge in [0, 0.05) is 18.2 Å². The molecule has 2 aromatic heterocycles. The third kappa shape index (κ3) is 8.83. The van der Waals surface area contributed by atoms with Crippen LogP contribution in [0.4, 0.5) is 5.69 Å². The van der Waals surface area contributed by atoms with Crippen molar-refractivity contribution in [2.24, 2.45) is 0 Å². The number of aromatic amines is 1. The number of carbonyl (C=O) groups excluding carboxylic acids is 1. The Balaban J connectivity index is 1.54. The summed E-state index contributed by atoms with van der Waals surface area (Å²) in [6.07, 6.45) is 4.94. The predicted molar refractivity (Wildman–Crippen MR) is 175 cm³/mol. The molecule has 0 saturated heterocycles. The van der Waals surface area contributed by atoms with Crippen LogP contribution in [-0.2, 0) is 27.3 Å². The zero-order chi connectivity index (χ0) is 31.6. The number of rotatable bonds is 17. The highest BCUT2D eigenvalue weighted by molar-refractivity contribution is 6.34. The number of amides is 1. The fourth-order valence-corrected chi connectivity index (χ4v) is 5.35. The zero-order valence-corrected chi connectivity index (χ0v) is 27.6. The number of halogens is 1. The Kier molecular flexibility index (Phi) is 12.2. The summed E-state index contributed by atoms with van der Waals surface area (Å²) in [6, 6.07) is 12.0. The van der Waals surface area contributed by atoms with Gasteiger partial charge in [-0.05, 0) is 81.8 Å². The van der Waals surface area contributed by atoms with Crippen molar-refractivity contribution >= 4 is 28.8 Å². The molecular weight excluding hydrogens is 578 g/mol. The molecule has 2 unspecified atom stereocenters. The second-order valence-corrected chi connectivity index (χ2v) is 11.9. The minimum absolute atomic E-state index is 0.0181. The number of nitrogens with one attached hydrogen (secondary N) is 2. The van der Waals surface area contributed by atoms with Gasteiger partial charge in [0.05, 0.1) is 12.3 Å². The van der Waals surface area contributed by atoms with Crippen LogP contribution in [-0.4, -0.2) is 45.2 Å². The van der Waals surface area contributed by atoms with Crippen molar-refractivity contribution in [2.45, 2.75) is 98.7 Å². The van der Waals surface area contributed by atoms with Gasteiger partial charge in [0.1, 0.15) is 17.6 Å². The Labute approximate surface area is 265 Å². The number of hydrogen-bond donors (Lipinski definition) is 2. The summed E-state index contributed by atoms with van der Waals surface area (Å²) < 4.78 is 19.1. The van der Waals surface area contributed by atoms with Gasteiger partial charge in [-0.15, -0.1) is 5.10 Å². The number of H-pyrrole nitrogens is 1. The number of aryl methyl sites for hydroxylation is 3. The van der Waals surface area contributed by atoms with E-state index >= 15 is 0 Å². The maximum Gasteiger partial charge on any atom is 0.265 e. The van der Waals surface area contributed by atoms with Crippen LogP contribution in [0.3, 0.4) is 0 Å². The number of fused-ring (bicyclic) bond motifs is 1. The summed E-state index contributed by atoms with van der Waals surface area (Å²) in [5.41, 5.74) is 6.36. The Morgan fingerprint density at radius 2 is 1.86 bits per heavy atom. The SMILES string of the molecule is CCCCCCC(Oc1ccc(C)cc1C)C(=O)Nc1ccc(COCOCC)c(CC(C)c2nc3c(Cl)c(C)[nH]n3n2)c1. The van der Waals surface area contributed by atoms with Gasteiger partial charge in [-0.2, -0.15) is 4.63 Å².